The van der Waals surface area contributed by atoms with Crippen molar-refractivity contribution in [3.8, 4) is 0 Å². The zero-order valence-electron chi connectivity index (χ0n) is 13.1. The Bertz CT molecular complexity index is 714. The summed E-state index contributed by atoms with van der Waals surface area (Å²) in [5.74, 6) is -1.14. The van der Waals surface area contributed by atoms with Crippen molar-refractivity contribution in [3.05, 3.63) is 52.5 Å². The molecule has 2 amide bonds. The molecule has 5 nitrogen and oxygen atoms in total. The number of likely N-dealkylation sites (N-methyl/N-ethyl adjacent to an activating group) is 1. The van der Waals surface area contributed by atoms with Crippen LogP contribution >= 0.6 is 11.3 Å². The summed E-state index contributed by atoms with van der Waals surface area (Å²) in [7, 11) is 1.50. The van der Waals surface area contributed by atoms with Crippen LogP contribution in [0.4, 0.5) is 10.1 Å². The first kappa shape index (κ1) is 17.8. The first-order valence-electron chi connectivity index (χ1n) is 7.32. The van der Waals surface area contributed by atoms with Crippen molar-refractivity contribution >= 4 is 34.6 Å². The molecule has 0 aliphatic heterocycles. The molecule has 24 heavy (non-hydrogen) atoms. The first-order valence-corrected chi connectivity index (χ1v) is 8.20. The molecule has 0 aliphatic carbocycles. The Morgan fingerprint density at radius 2 is 1.83 bits per heavy atom. The molecule has 0 saturated carbocycles. The zero-order chi connectivity index (χ0) is 17.5. The fourth-order valence-electron chi connectivity index (χ4n) is 2.01. The molecule has 2 rings (SSSR count). The van der Waals surface area contributed by atoms with E-state index in [-0.39, 0.29) is 37.0 Å². The standard InChI is InChI=1S/C17H17FN2O3S/c1-20(11-16(22)19-13-6-4-12(18)5-7-13)17(23)9-8-14(21)15-3-2-10-24-15/h2-7,10H,8-9,11H2,1H3,(H,19,22). The largest absolute Gasteiger partial charge is 0.336 e. The molecule has 1 N–H and O–H groups in total. The summed E-state index contributed by atoms with van der Waals surface area (Å²) >= 11 is 1.34. The summed E-state index contributed by atoms with van der Waals surface area (Å²) in [5, 5.41) is 4.38. The summed E-state index contributed by atoms with van der Waals surface area (Å²) < 4.78 is 12.8. The molecule has 2 aromatic rings. The maximum atomic E-state index is 12.8. The molecule has 126 valence electrons. The number of nitrogens with one attached hydrogen (secondary N) is 1. The Hall–Kier alpha value is -2.54. The normalized spacial score (nSPS) is 10.2. The molecular weight excluding hydrogens is 331 g/mol. The predicted molar refractivity (Wildman–Crippen MR) is 90.6 cm³/mol. The second-order valence-electron chi connectivity index (χ2n) is 5.21. The van der Waals surface area contributed by atoms with Crippen LogP contribution in [0.5, 0.6) is 0 Å². The average Bonchev–Trinajstić information content (AvgIpc) is 3.08. The lowest BCUT2D eigenvalue weighted by molar-refractivity contribution is -0.133. The Kier molecular flexibility index (Phi) is 6.20. The fraction of sp³-hybridized carbons (Fsp3) is 0.235. The minimum Gasteiger partial charge on any atom is -0.336 e. The van der Waals surface area contributed by atoms with Gasteiger partial charge in [-0.15, -0.1) is 11.3 Å². The number of hydrogen-bond acceptors (Lipinski definition) is 4. The number of halogens is 1. The molecule has 0 fully saturated rings. The third-order valence-corrected chi connectivity index (χ3v) is 4.21. The van der Waals surface area contributed by atoms with Crippen molar-refractivity contribution in [2.45, 2.75) is 12.8 Å². The maximum Gasteiger partial charge on any atom is 0.243 e. The van der Waals surface area contributed by atoms with Gasteiger partial charge in [0.2, 0.25) is 11.8 Å². The number of ketones is 1. The van der Waals surface area contributed by atoms with Crippen molar-refractivity contribution in [1.82, 2.24) is 4.90 Å². The van der Waals surface area contributed by atoms with Crippen LogP contribution in [-0.4, -0.2) is 36.1 Å². The number of anilines is 1. The number of thiophene rings is 1. The second kappa shape index (κ2) is 8.35. The van der Waals surface area contributed by atoms with Crippen molar-refractivity contribution in [2.75, 3.05) is 18.9 Å². The summed E-state index contributed by atoms with van der Waals surface area (Å²) in [6.07, 6.45) is 0.167. The minimum absolute atomic E-state index is 0.0526. The van der Waals surface area contributed by atoms with Crippen molar-refractivity contribution in [1.29, 1.82) is 0 Å². The monoisotopic (exact) mass is 348 g/mol. The van der Waals surface area contributed by atoms with E-state index in [0.29, 0.717) is 10.6 Å². The SMILES string of the molecule is CN(CC(=O)Nc1ccc(F)cc1)C(=O)CCC(=O)c1cccs1. The van der Waals surface area contributed by atoms with Gasteiger partial charge >= 0.3 is 0 Å². The number of carbonyl (C=O) groups is 3. The molecule has 0 spiro atoms. The Labute approximate surface area is 143 Å². The van der Waals surface area contributed by atoms with Crippen LogP contribution in [0, 0.1) is 5.82 Å². The quantitative estimate of drug-likeness (QED) is 0.783. The van der Waals surface area contributed by atoms with Crippen LogP contribution < -0.4 is 5.32 Å². The van der Waals surface area contributed by atoms with E-state index >= 15 is 0 Å². The second-order valence-corrected chi connectivity index (χ2v) is 6.15. The van der Waals surface area contributed by atoms with Crippen molar-refractivity contribution < 1.29 is 18.8 Å². The number of amides is 2. The molecule has 0 bridgehead atoms. The van der Waals surface area contributed by atoms with Crippen LogP contribution in [0.25, 0.3) is 0 Å². The zero-order valence-corrected chi connectivity index (χ0v) is 13.9. The highest BCUT2D eigenvalue weighted by Crippen LogP contribution is 2.13. The molecular formula is C17H17FN2O3S. The van der Waals surface area contributed by atoms with E-state index in [0.717, 1.165) is 0 Å². The molecule has 1 aromatic carbocycles. The number of benzene rings is 1. The van der Waals surface area contributed by atoms with E-state index in [4.69, 9.17) is 0 Å². The van der Waals surface area contributed by atoms with Crippen molar-refractivity contribution in [3.63, 3.8) is 0 Å². The van der Waals surface area contributed by atoms with Gasteiger partial charge in [0.05, 0.1) is 11.4 Å². The van der Waals surface area contributed by atoms with Crippen LogP contribution in [-0.2, 0) is 9.59 Å². The lowest BCUT2D eigenvalue weighted by atomic mass is 10.2. The van der Waals surface area contributed by atoms with Gasteiger partial charge in [-0.1, -0.05) is 6.07 Å². The molecule has 1 heterocycles. The number of rotatable bonds is 7. The first-order chi connectivity index (χ1) is 11.5. The van der Waals surface area contributed by atoms with Gasteiger partial charge in [-0.05, 0) is 35.7 Å². The van der Waals surface area contributed by atoms with Gasteiger partial charge in [-0.2, -0.15) is 0 Å². The van der Waals surface area contributed by atoms with Gasteiger partial charge in [0.15, 0.2) is 5.78 Å². The Balaban J connectivity index is 1.77. The minimum atomic E-state index is -0.393. The highest BCUT2D eigenvalue weighted by molar-refractivity contribution is 7.12. The van der Waals surface area contributed by atoms with Gasteiger partial charge in [0.1, 0.15) is 5.82 Å². The smallest absolute Gasteiger partial charge is 0.243 e. The molecule has 0 atom stereocenters. The molecule has 0 radical (unpaired) electrons. The van der Waals surface area contributed by atoms with E-state index in [9.17, 15) is 18.8 Å². The van der Waals surface area contributed by atoms with Crippen molar-refractivity contribution in [2.24, 2.45) is 0 Å². The molecule has 0 unspecified atom stereocenters. The molecule has 0 aliphatic rings. The van der Waals surface area contributed by atoms with Crippen LogP contribution in [0.1, 0.15) is 22.5 Å². The van der Waals surface area contributed by atoms with Gasteiger partial charge < -0.3 is 10.2 Å². The van der Waals surface area contributed by atoms with Gasteiger partial charge in [-0.3, -0.25) is 14.4 Å². The Morgan fingerprint density at radius 3 is 2.46 bits per heavy atom. The Morgan fingerprint density at radius 1 is 1.12 bits per heavy atom. The highest BCUT2D eigenvalue weighted by Gasteiger charge is 2.15. The van der Waals surface area contributed by atoms with Crippen LogP contribution in [0.3, 0.4) is 0 Å². The third kappa shape index (κ3) is 5.27. The third-order valence-electron chi connectivity index (χ3n) is 3.30. The van der Waals surface area contributed by atoms with E-state index in [1.54, 1.807) is 17.5 Å². The summed E-state index contributed by atoms with van der Waals surface area (Å²) in [6.45, 7) is -0.136. The summed E-state index contributed by atoms with van der Waals surface area (Å²) in [6, 6.07) is 8.85. The van der Waals surface area contributed by atoms with E-state index in [2.05, 4.69) is 5.32 Å². The summed E-state index contributed by atoms with van der Waals surface area (Å²) in [4.78, 5) is 37.6. The summed E-state index contributed by atoms with van der Waals surface area (Å²) in [5.41, 5.74) is 0.454. The van der Waals surface area contributed by atoms with Gasteiger partial charge in [0.25, 0.3) is 0 Å². The van der Waals surface area contributed by atoms with Crippen LogP contribution in [0.2, 0.25) is 0 Å². The lowest BCUT2D eigenvalue weighted by Gasteiger charge is -2.16. The molecule has 0 saturated heterocycles. The number of carbonyl (C=O) groups excluding carboxylic acids is 3. The molecule has 1 aromatic heterocycles. The predicted octanol–water partition coefficient (Wildman–Crippen LogP) is 2.95. The van der Waals surface area contributed by atoms with Crippen LogP contribution in [0.15, 0.2) is 41.8 Å². The topological polar surface area (TPSA) is 66.5 Å². The van der Waals surface area contributed by atoms with E-state index < -0.39 is 5.82 Å². The maximum absolute atomic E-state index is 12.8. The average molecular weight is 348 g/mol. The fourth-order valence-corrected chi connectivity index (χ4v) is 2.70. The number of nitrogens with zero attached hydrogens (tertiary/aromatic N) is 1. The van der Waals surface area contributed by atoms with E-state index in [1.165, 1.54) is 47.5 Å². The number of hydrogen-bond donors (Lipinski definition) is 1. The van der Waals surface area contributed by atoms with Gasteiger partial charge in [0, 0.05) is 25.6 Å². The molecule has 7 heteroatoms. The highest BCUT2D eigenvalue weighted by atomic mass is 32.1. The van der Waals surface area contributed by atoms with Gasteiger partial charge in [-0.25, -0.2) is 4.39 Å². The number of Topliss-reactive ketones (excluding diaryl/α,β-unsaturated/α-hetero) is 1. The lowest BCUT2D eigenvalue weighted by Crippen LogP contribution is -2.35. The van der Waals surface area contributed by atoms with E-state index in [1.807, 2.05) is 0 Å².